The Labute approximate surface area is 172 Å². The van der Waals surface area contributed by atoms with Gasteiger partial charge in [-0.15, -0.1) is 0 Å². The lowest BCUT2D eigenvalue weighted by molar-refractivity contribution is -0.123. The number of rotatable bonds is 4. The summed E-state index contributed by atoms with van der Waals surface area (Å²) in [5.74, 6) is -0.248. The van der Waals surface area contributed by atoms with Crippen LogP contribution in [0.25, 0.3) is 0 Å². The van der Waals surface area contributed by atoms with E-state index in [0.29, 0.717) is 11.3 Å². The maximum absolute atomic E-state index is 11.9. The molecular formula is C17H15Br2N3O3S. The SMILES string of the molecule is Cc1cc(Br)cc(Br)c1OCC(=O)NNC(=S)NC(=O)c1ccccc1. The number of hydrazine groups is 1. The quantitative estimate of drug-likeness (QED) is 0.443. The summed E-state index contributed by atoms with van der Waals surface area (Å²) in [6.07, 6.45) is 0. The van der Waals surface area contributed by atoms with Gasteiger partial charge in [-0.25, -0.2) is 0 Å². The van der Waals surface area contributed by atoms with Crippen LogP contribution < -0.4 is 20.9 Å². The molecule has 2 aromatic rings. The van der Waals surface area contributed by atoms with Crippen LogP contribution in [0.4, 0.5) is 0 Å². The third-order valence-corrected chi connectivity index (χ3v) is 4.37. The first-order valence-corrected chi connectivity index (χ1v) is 9.40. The van der Waals surface area contributed by atoms with Gasteiger partial charge in [0, 0.05) is 10.0 Å². The van der Waals surface area contributed by atoms with Crippen molar-refractivity contribution in [1.82, 2.24) is 16.2 Å². The second-order valence-corrected chi connectivity index (χ2v) is 7.32. The second-order valence-electron chi connectivity index (χ2n) is 5.14. The molecule has 0 unspecified atom stereocenters. The molecule has 0 aromatic heterocycles. The van der Waals surface area contributed by atoms with Crippen LogP contribution in [-0.2, 0) is 4.79 Å². The molecule has 0 atom stereocenters. The highest BCUT2D eigenvalue weighted by atomic mass is 79.9. The Bertz CT molecular complexity index is 808. The predicted octanol–water partition coefficient (Wildman–Crippen LogP) is 3.23. The fourth-order valence-electron chi connectivity index (χ4n) is 1.97. The fraction of sp³-hybridized carbons (Fsp3) is 0.118. The van der Waals surface area contributed by atoms with E-state index >= 15 is 0 Å². The smallest absolute Gasteiger partial charge is 0.276 e. The minimum Gasteiger partial charge on any atom is -0.482 e. The summed E-state index contributed by atoms with van der Waals surface area (Å²) in [5, 5.41) is 2.44. The summed E-state index contributed by atoms with van der Waals surface area (Å²) in [4.78, 5) is 23.8. The van der Waals surface area contributed by atoms with Crippen molar-refractivity contribution in [3.63, 3.8) is 0 Å². The zero-order valence-electron chi connectivity index (χ0n) is 13.6. The van der Waals surface area contributed by atoms with Crippen molar-refractivity contribution in [2.45, 2.75) is 6.92 Å². The van der Waals surface area contributed by atoms with Gasteiger partial charge in [0.2, 0.25) is 0 Å². The van der Waals surface area contributed by atoms with Gasteiger partial charge in [-0.3, -0.25) is 25.8 Å². The molecule has 3 N–H and O–H groups in total. The van der Waals surface area contributed by atoms with Crippen molar-refractivity contribution in [2.24, 2.45) is 0 Å². The van der Waals surface area contributed by atoms with E-state index in [1.807, 2.05) is 19.1 Å². The maximum atomic E-state index is 11.9. The Balaban J connectivity index is 1.78. The van der Waals surface area contributed by atoms with E-state index in [1.165, 1.54) is 0 Å². The lowest BCUT2D eigenvalue weighted by Gasteiger charge is -2.13. The Morgan fingerprint density at radius 1 is 1.12 bits per heavy atom. The highest BCUT2D eigenvalue weighted by Gasteiger charge is 2.11. The first-order valence-electron chi connectivity index (χ1n) is 7.40. The van der Waals surface area contributed by atoms with Crippen molar-refractivity contribution in [2.75, 3.05) is 6.61 Å². The molecule has 6 nitrogen and oxygen atoms in total. The molecule has 2 rings (SSSR count). The molecule has 2 amide bonds. The largest absolute Gasteiger partial charge is 0.482 e. The van der Waals surface area contributed by atoms with Crippen LogP contribution in [0.2, 0.25) is 0 Å². The van der Waals surface area contributed by atoms with E-state index in [2.05, 4.69) is 48.0 Å². The maximum Gasteiger partial charge on any atom is 0.276 e. The van der Waals surface area contributed by atoms with Crippen LogP contribution in [0.1, 0.15) is 15.9 Å². The Morgan fingerprint density at radius 3 is 2.46 bits per heavy atom. The highest BCUT2D eigenvalue weighted by Crippen LogP contribution is 2.32. The van der Waals surface area contributed by atoms with E-state index in [-0.39, 0.29) is 17.6 Å². The van der Waals surface area contributed by atoms with E-state index in [9.17, 15) is 9.59 Å². The number of carbonyl (C=O) groups excluding carboxylic acids is 2. The van der Waals surface area contributed by atoms with Gasteiger partial charge in [0.25, 0.3) is 11.8 Å². The molecule has 0 fully saturated rings. The van der Waals surface area contributed by atoms with Gasteiger partial charge in [0.1, 0.15) is 5.75 Å². The van der Waals surface area contributed by atoms with Gasteiger partial charge in [-0.1, -0.05) is 34.1 Å². The number of hydrogen-bond donors (Lipinski definition) is 3. The molecule has 0 bridgehead atoms. The molecule has 2 aromatic carbocycles. The number of amides is 2. The van der Waals surface area contributed by atoms with Gasteiger partial charge >= 0.3 is 0 Å². The van der Waals surface area contributed by atoms with Crippen LogP contribution in [0.5, 0.6) is 5.75 Å². The molecule has 0 aliphatic carbocycles. The number of thiocarbonyl (C=S) groups is 1. The molecule has 0 saturated carbocycles. The zero-order chi connectivity index (χ0) is 19.1. The average molecular weight is 501 g/mol. The number of nitrogens with one attached hydrogen (secondary N) is 3. The number of benzene rings is 2. The lowest BCUT2D eigenvalue weighted by Crippen LogP contribution is -2.49. The summed E-state index contributed by atoms with van der Waals surface area (Å²) in [6.45, 7) is 1.65. The number of aryl methyl sites for hydroxylation is 1. The number of carbonyl (C=O) groups is 2. The van der Waals surface area contributed by atoms with Crippen molar-refractivity contribution in [3.8, 4) is 5.75 Å². The van der Waals surface area contributed by atoms with Crippen molar-refractivity contribution in [3.05, 3.63) is 62.5 Å². The monoisotopic (exact) mass is 499 g/mol. The molecule has 0 heterocycles. The number of halogens is 2. The first kappa shape index (κ1) is 20.3. The minimum atomic E-state index is -0.449. The topological polar surface area (TPSA) is 79.5 Å². The van der Waals surface area contributed by atoms with Crippen LogP contribution in [0.3, 0.4) is 0 Å². The molecule has 0 aliphatic heterocycles. The molecule has 0 aliphatic rings. The van der Waals surface area contributed by atoms with E-state index in [4.69, 9.17) is 17.0 Å². The van der Waals surface area contributed by atoms with Crippen molar-refractivity contribution in [1.29, 1.82) is 0 Å². The third kappa shape index (κ3) is 6.08. The molecule has 0 radical (unpaired) electrons. The first-order chi connectivity index (χ1) is 12.4. The molecule has 136 valence electrons. The minimum absolute atomic E-state index is 0.0202. The van der Waals surface area contributed by atoms with Crippen molar-refractivity contribution >= 4 is 61.0 Å². The Morgan fingerprint density at radius 2 is 1.81 bits per heavy atom. The van der Waals surface area contributed by atoms with Crippen molar-refractivity contribution < 1.29 is 14.3 Å². The zero-order valence-corrected chi connectivity index (χ0v) is 17.6. The summed E-state index contributed by atoms with van der Waals surface area (Å²) < 4.78 is 7.15. The average Bonchev–Trinajstić information content (AvgIpc) is 2.59. The summed E-state index contributed by atoms with van der Waals surface area (Å²) in [7, 11) is 0. The predicted molar refractivity (Wildman–Crippen MR) is 110 cm³/mol. The standard InChI is InChI=1S/C17H15Br2N3O3S/c1-10-7-12(18)8-13(19)15(10)25-9-14(23)21-22-17(26)20-16(24)11-5-3-2-4-6-11/h2-8H,9H2,1H3,(H,21,23)(H2,20,22,24,26). The fourth-order valence-corrected chi connectivity index (χ4v) is 3.67. The normalized spacial score (nSPS) is 9.96. The highest BCUT2D eigenvalue weighted by molar-refractivity contribution is 9.11. The Kier molecular flexibility index (Phi) is 7.55. The lowest BCUT2D eigenvalue weighted by atomic mass is 10.2. The van der Waals surface area contributed by atoms with E-state index < -0.39 is 5.91 Å². The second kappa shape index (κ2) is 9.65. The van der Waals surface area contributed by atoms with E-state index in [0.717, 1.165) is 14.5 Å². The van der Waals surface area contributed by atoms with Crippen LogP contribution in [0, 0.1) is 6.92 Å². The molecular weight excluding hydrogens is 486 g/mol. The van der Waals surface area contributed by atoms with Crippen LogP contribution in [-0.4, -0.2) is 23.5 Å². The van der Waals surface area contributed by atoms with Gasteiger partial charge in [0.05, 0.1) is 4.47 Å². The molecule has 0 spiro atoms. The van der Waals surface area contributed by atoms with Crippen LogP contribution in [0.15, 0.2) is 51.4 Å². The van der Waals surface area contributed by atoms with E-state index in [1.54, 1.807) is 30.3 Å². The summed E-state index contributed by atoms with van der Waals surface area (Å²) in [5.41, 5.74) is 6.16. The van der Waals surface area contributed by atoms with Crippen LogP contribution >= 0.6 is 44.1 Å². The van der Waals surface area contributed by atoms with Gasteiger partial charge in [0.15, 0.2) is 11.7 Å². The molecule has 9 heteroatoms. The van der Waals surface area contributed by atoms with Gasteiger partial charge < -0.3 is 4.74 Å². The third-order valence-electron chi connectivity index (χ3n) is 3.12. The number of hydrogen-bond acceptors (Lipinski definition) is 4. The summed E-state index contributed by atoms with van der Waals surface area (Å²) >= 11 is 11.7. The Hall–Kier alpha value is -1.97. The molecule has 0 saturated heterocycles. The number of ether oxygens (including phenoxy) is 1. The molecule has 26 heavy (non-hydrogen) atoms. The summed E-state index contributed by atoms with van der Waals surface area (Å²) in [6, 6.07) is 12.3. The van der Waals surface area contributed by atoms with Gasteiger partial charge in [-0.05, 0) is 64.9 Å². The van der Waals surface area contributed by atoms with Gasteiger partial charge in [-0.2, -0.15) is 0 Å².